The highest BCUT2D eigenvalue weighted by Crippen LogP contribution is 2.20. The maximum atomic E-state index is 12.0. The Hall–Kier alpha value is -1.60. The number of piperazine rings is 1. The van der Waals surface area contributed by atoms with E-state index in [0.717, 1.165) is 49.8 Å². The summed E-state index contributed by atoms with van der Waals surface area (Å²) < 4.78 is 5.85. The lowest BCUT2D eigenvalue weighted by Gasteiger charge is -2.34. The molecule has 1 saturated heterocycles. The van der Waals surface area contributed by atoms with E-state index in [1.165, 1.54) is 0 Å². The van der Waals surface area contributed by atoms with Gasteiger partial charge in [-0.2, -0.15) is 0 Å². The number of aromatic nitrogens is 1. The van der Waals surface area contributed by atoms with Crippen molar-refractivity contribution in [1.82, 2.24) is 14.8 Å². The second kappa shape index (κ2) is 11.2. The lowest BCUT2D eigenvalue weighted by molar-refractivity contribution is -0.133. The summed E-state index contributed by atoms with van der Waals surface area (Å²) in [6.45, 7) is 4.46. The molecule has 144 valence electrons. The molecule has 8 heteroatoms. The second-order valence-electron chi connectivity index (χ2n) is 6.03. The Balaban J connectivity index is 0.00000169. The number of nitrogens with two attached hydrogens (primary N) is 1. The van der Waals surface area contributed by atoms with Crippen LogP contribution in [0.5, 0.6) is 0 Å². The molecule has 3 rings (SSSR count). The third-order valence-electron chi connectivity index (χ3n) is 4.29. The molecule has 1 aromatic heterocycles. The number of carbonyl (C=O) groups is 1. The van der Waals surface area contributed by atoms with Crippen molar-refractivity contribution in [3.8, 4) is 11.3 Å². The van der Waals surface area contributed by atoms with Crippen LogP contribution in [0.4, 0.5) is 0 Å². The molecule has 0 atom stereocenters. The molecule has 1 aromatic carbocycles. The van der Waals surface area contributed by atoms with Crippen LogP contribution in [0.15, 0.2) is 40.9 Å². The Bertz CT molecular complexity index is 658. The Morgan fingerprint density at radius 2 is 1.81 bits per heavy atom. The number of rotatable bonds is 6. The van der Waals surface area contributed by atoms with E-state index in [2.05, 4.69) is 9.88 Å². The first-order chi connectivity index (χ1) is 11.8. The first-order valence-electron chi connectivity index (χ1n) is 8.46. The number of hydrogen-bond acceptors (Lipinski definition) is 5. The van der Waals surface area contributed by atoms with Crippen LogP contribution in [0.1, 0.15) is 18.7 Å². The first-order valence-corrected chi connectivity index (χ1v) is 8.46. The van der Waals surface area contributed by atoms with Gasteiger partial charge in [0.15, 0.2) is 5.76 Å². The molecule has 2 aromatic rings. The van der Waals surface area contributed by atoms with Crippen molar-refractivity contribution < 1.29 is 9.21 Å². The van der Waals surface area contributed by atoms with Gasteiger partial charge in [0.05, 0.1) is 12.7 Å². The monoisotopic (exact) mass is 400 g/mol. The van der Waals surface area contributed by atoms with Crippen LogP contribution in [-0.2, 0) is 11.3 Å². The number of oxazole rings is 1. The molecular weight excluding hydrogens is 375 g/mol. The standard InChI is InChI=1S/C18H24N4O2.2ClH/c19-8-4-7-18(23)22-11-9-21(10-12-22)14-17-20-13-16(24-17)15-5-2-1-3-6-15;;/h1-3,5-6,13H,4,7-12,14,19H2;2*1H. The highest BCUT2D eigenvalue weighted by Gasteiger charge is 2.21. The van der Waals surface area contributed by atoms with Gasteiger partial charge in [-0.3, -0.25) is 9.69 Å². The van der Waals surface area contributed by atoms with Crippen LogP contribution in [0, 0.1) is 0 Å². The van der Waals surface area contributed by atoms with Gasteiger partial charge in [-0.05, 0) is 13.0 Å². The van der Waals surface area contributed by atoms with Crippen molar-refractivity contribution in [2.24, 2.45) is 5.73 Å². The minimum Gasteiger partial charge on any atom is -0.439 e. The smallest absolute Gasteiger partial charge is 0.222 e. The third kappa shape index (κ3) is 5.99. The minimum absolute atomic E-state index is 0. The summed E-state index contributed by atoms with van der Waals surface area (Å²) in [4.78, 5) is 20.6. The van der Waals surface area contributed by atoms with Crippen LogP contribution in [0.2, 0.25) is 0 Å². The second-order valence-corrected chi connectivity index (χ2v) is 6.03. The maximum Gasteiger partial charge on any atom is 0.222 e. The molecule has 6 nitrogen and oxygen atoms in total. The molecule has 2 N–H and O–H groups in total. The molecule has 0 spiro atoms. The summed E-state index contributed by atoms with van der Waals surface area (Å²) in [5.74, 6) is 1.72. The molecule has 0 bridgehead atoms. The molecule has 0 aliphatic carbocycles. The highest BCUT2D eigenvalue weighted by atomic mass is 35.5. The van der Waals surface area contributed by atoms with Crippen molar-refractivity contribution in [2.45, 2.75) is 19.4 Å². The van der Waals surface area contributed by atoms with Crippen molar-refractivity contribution in [2.75, 3.05) is 32.7 Å². The lowest BCUT2D eigenvalue weighted by Crippen LogP contribution is -2.48. The Labute approximate surface area is 166 Å². The number of benzene rings is 1. The molecule has 1 aliphatic rings. The molecule has 0 saturated carbocycles. The lowest BCUT2D eigenvalue weighted by atomic mass is 10.2. The zero-order chi connectivity index (χ0) is 16.8. The van der Waals surface area contributed by atoms with Gasteiger partial charge in [-0.25, -0.2) is 4.98 Å². The van der Waals surface area contributed by atoms with Gasteiger partial charge in [-0.1, -0.05) is 30.3 Å². The summed E-state index contributed by atoms with van der Waals surface area (Å²) in [6.07, 6.45) is 3.09. The molecular formula is C18H26Cl2N4O2. The van der Waals surface area contributed by atoms with Gasteiger partial charge in [0.25, 0.3) is 0 Å². The van der Waals surface area contributed by atoms with Gasteiger partial charge < -0.3 is 15.1 Å². The summed E-state index contributed by atoms with van der Waals surface area (Å²) in [5.41, 5.74) is 6.50. The third-order valence-corrected chi connectivity index (χ3v) is 4.29. The number of amides is 1. The quantitative estimate of drug-likeness (QED) is 0.805. The maximum absolute atomic E-state index is 12.0. The molecule has 26 heavy (non-hydrogen) atoms. The van der Waals surface area contributed by atoms with Crippen LogP contribution < -0.4 is 5.73 Å². The van der Waals surface area contributed by atoms with E-state index in [-0.39, 0.29) is 30.7 Å². The molecule has 0 unspecified atom stereocenters. The molecule has 1 amide bonds. The average Bonchev–Trinajstić information content (AvgIpc) is 3.09. The van der Waals surface area contributed by atoms with Crippen molar-refractivity contribution in [3.05, 3.63) is 42.4 Å². The predicted octanol–water partition coefficient (Wildman–Crippen LogP) is 2.57. The normalized spacial score (nSPS) is 14.4. The van der Waals surface area contributed by atoms with Crippen molar-refractivity contribution in [3.63, 3.8) is 0 Å². The van der Waals surface area contributed by atoms with Crippen LogP contribution in [0.25, 0.3) is 11.3 Å². The fourth-order valence-electron chi connectivity index (χ4n) is 2.88. The van der Waals surface area contributed by atoms with E-state index in [1.54, 1.807) is 6.20 Å². The number of halogens is 2. The topological polar surface area (TPSA) is 75.6 Å². The SMILES string of the molecule is Cl.Cl.NCCCC(=O)N1CCN(Cc2ncc(-c3ccccc3)o2)CC1. The molecule has 2 heterocycles. The zero-order valence-corrected chi connectivity index (χ0v) is 16.3. The van der Waals surface area contributed by atoms with Crippen LogP contribution in [0.3, 0.4) is 0 Å². The molecule has 0 radical (unpaired) electrons. The van der Waals surface area contributed by atoms with Crippen LogP contribution in [-0.4, -0.2) is 53.4 Å². The summed E-state index contributed by atoms with van der Waals surface area (Å²) >= 11 is 0. The van der Waals surface area contributed by atoms with Crippen molar-refractivity contribution >= 4 is 30.7 Å². The van der Waals surface area contributed by atoms with Gasteiger partial charge >= 0.3 is 0 Å². The van der Waals surface area contributed by atoms with Gasteiger partial charge in [0.2, 0.25) is 11.8 Å². The van der Waals surface area contributed by atoms with Crippen molar-refractivity contribution in [1.29, 1.82) is 0 Å². The summed E-state index contributed by atoms with van der Waals surface area (Å²) in [5, 5.41) is 0. The number of nitrogens with zero attached hydrogens (tertiary/aromatic N) is 3. The fraction of sp³-hybridized carbons (Fsp3) is 0.444. The Kier molecular flexibility index (Phi) is 9.65. The molecule has 1 aliphatic heterocycles. The van der Waals surface area contributed by atoms with Gasteiger partial charge in [0.1, 0.15) is 0 Å². The Morgan fingerprint density at radius 3 is 2.46 bits per heavy atom. The highest BCUT2D eigenvalue weighted by molar-refractivity contribution is 5.85. The summed E-state index contributed by atoms with van der Waals surface area (Å²) in [7, 11) is 0. The predicted molar refractivity (Wildman–Crippen MR) is 107 cm³/mol. The van der Waals surface area contributed by atoms with Gasteiger partial charge in [0, 0.05) is 38.2 Å². The number of hydrogen-bond donors (Lipinski definition) is 1. The van der Waals surface area contributed by atoms with Gasteiger partial charge in [-0.15, -0.1) is 24.8 Å². The van der Waals surface area contributed by atoms with E-state index in [9.17, 15) is 4.79 Å². The minimum atomic E-state index is 0. The molecule has 1 fully saturated rings. The largest absolute Gasteiger partial charge is 0.439 e. The van der Waals surface area contributed by atoms with E-state index >= 15 is 0 Å². The number of carbonyl (C=O) groups excluding carboxylic acids is 1. The van der Waals surface area contributed by atoms with Crippen LogP contribution >= 0.6 is 24.8 Å². The average molecular weight is 401 g/mol. The fourth-order valence-corrected chi connectivity index (χ4v) is 2.88. The first kappa shape index (κ1) is 22.4. The van der Waals surface area contributed by atoms with E-state index in [1.807, 2.05) is 35.2 Å². The van der Waals surface area contributed by atoms with E-state index in [4.69, 9.17) is 10.2 Å². The van der Waals surface area contributed by atoms with E-state index < -0.39 is 0 Å². The Morgan fingerprint density at radius 1 is 1.12 bits per heavy atom. The van der Waals surface area contributed by atoms with E-state index in [0.29, 0.717) is 19.5 Å². The summed E-state index contributed by atoms with van der Waals surface area (Å²) in [6, 6.07) is 9.97. The zero-order valence-electron chi connectivity index (χ0n) is 14.7.